The molecule has 2 N–H and O–H groups in total. The van der Waals surface area contributed by atoms with Gasteiger partial charge in [-0.15, -0.1) is 0 Å². The van der Waals surface area contributed by atoms with Crippen molar-refractivity contribution in [2.75, 3.05) is 29.6 Å². The number of anilines is 3. The molecule has 11 heteroatoms. The van der Waals surface area contributed by atoms with Crippen molar-refractivity contribution in [2.24, 2.45) is 0 Å². The Balaban J connectivity index is 1.58. The summed E-state index contributed by atoms with van der Waals surface area (Å²) in [7, 11) is 3.89. The molecule has 0 aliphatic carbocycles. The molecule has 1 aliphatic rings. The molecule has 200 valence electrons. The Morgan fingerprint density at radius 3 is 2.00 bits per heavy atom. The van der Waals surface area contributed by atoms with Crippen LogP contribution in [-0.2, 0) is 14.4 Å². The number of amides is 3. The summed E-state index contributed by atoms with van der Waals surface area (Å²) in [6.45, 7) is 0. The summed E-state index contributed by atoms with van der Waals surface area (Å²) < 4.78 is 0.187. The van der Waals surface area contributed by atoms with Gasteiger partial charge in [0.25, 0.3) is 5.91 Å². The van der Waals surface area contributed by atoms with Crippen LogP contribution in [0.15, 0.2) is 77.7 Å². The molecule has 0 bridgehead atoms. The number of thioether (sulfide) groups is 1. The molecule has 0 saturated carbocycles. The molecular weight excluding hydrogens is 575 g/mol. The zero-order valence-electron chi connectivity index (χ0n) is 21.0. The van der Waals surface area contributed by atoms with Crippen LogP contribution in [0.4, 0.5) is 17.1 Å². The molecule has 1 heterocycles. The number of halogens is 2. The molecule has 0 aromatic heterocycles. The fraction of sp³-hybridized carbons (Fsp3) is 0.143. The van der Waals surface area contributed by atoms with Gasteiger partial charge >= 0.3 is 0 Å². The molecule has 7 nitrogen and oxygen atoms in total. The molecule has 3 amide bonds. The van der Waals surface area contributed by atoms with Gasteiger partial charge in [-0.05, 0) is 72.3 Å². The Bertz CT molecular complexity index is 1430. The molecule has 1 saturated heterocycles. The first kappa shape index (κ1) is 28.6. The minimum Gasteiger partial charge on any atom is -0.378 e. The van der Waals surface area contributed by atoms with E-state index < -0.39 is 23.8 Å². The fourth-order valence-corrected chi connectivity index (χ4v) is 5.36. The molecule has 39 heavy (non-hydrogen) atoms. The van der Waals surface area contributed by atoms with Crippen molar-refractivity contribution < 1.29 is 14.4 Å². The van der Waals surface area contributed by atoms with Crippen LogP contribution < -0.4 is 15.5 Å². The number of hydrogen-bond donors (Lipinski definition) is 2. The first-order valence-corrected chi connectivity index (χ1v) is 13.7. The van der Waals surface area contributed by atoms with Crippen molar-refractivity contribution in [2.45, 2.75) is 12.5 Å². The third-order valence-corrected chi connectivity index (χ3v) is 7.60. The Morgan fingerprint density at radius 1 is 0.923 bits per heavy atom. The van der Waals surface area contributed by atoms with Gasteiger partial charge in [0, 0.05) is 41.2 Å². The maximum atomic E-state index is 13.5. The maximum absolute atomic E-state index is 13.5. The lowest BCUT2D eigenvalue weighted by molar-refractivity contribution is -0.132. The van der Waals surface area contributed by atoms with Gasteiger partial charge in [0.1, 0.15) is 10.4 Å². The van der Waals surface area contributed by atoms with Crippen molar-refractivity contribution in [3.8, 4) is 0 Å². The highest BCUT2D eigenvalue weighted by Gasteiger charge is 2.41. The van der Waals surface area contributed by atoms with E-state index in [1.807, 2.05) is 43.3 Å². The van der Waals surface area contributed by atoms with E-state index in [1.165, 1.54) is 4.90 Å². The van der Waals surface area contributed by atoms with Gasteiger partial charge < -0.3 is 15.5 Å². The summed E-state index contributed by atoms with van der Waals surface area (Å²) in [5.74, 6) is -1.47. The Hall–Kier alpha value is -3.37. The lowest BCUT2D eigenvalue weighted by atomic mass is 10.1. The van der Waals surface area contributed by atoms with Crippen LogP contribution >= 0.6 is 47.2 Å². The number of rotatable bonds is 8. The van der Waals surface area contributed by atoms with E-state index in [-0.39, 0.29) is 10.7 Å². The van der Waals surface area contributed by atoms with Gasteiger partial charge in [-0.3, -0.25) is 19.3 Å². The Kier molecular flexibility index (Phi) is 9.29. The predicted molar refractivity (Wildman–Crippen MR) is 164 cm³/mol. The standard InChI is InChI=1S/C28H24Cl2N4O3S2/c1-33(2)22-13-3-17(4-14-22)15-24-27(37)34(28(38)39-24)23(26(36)32-21-11-7-19(30)8-12-21)16-25(35)31-20-9-5-18(29)6-10-20/h3-15,23H,16H2,1-2H3,(H,31,35)(H,32,36)/b24-15-/t23-/m0/s1. The van der Waals surface area contributed by atoms with Crippen LogP contribution in [0.1, 0.15) is 12.0 Å². The van der Waals surface area contributed by atoms with Crippen LogP contribution in [0.2, 0.25) is 10.0 Å². The van der Waals surface area contributed by atoms with E-state index in [0.29, 0.717) is 26.3 Å². The van der Waals surface area contributed by atoms with Crippen molar-refractivity contribution >= 4 is 92.4 Å². The van der Waals surface area contributed by atoms with Gasteiger partial charge in [0.05, 0.1) is 11.3 Å². The SMILES string of the molecule is CN(C)c1ccc(/C=C2\SC(=S)N([C@@H](CC(=O)Nc3ccc(Cl)cc3)C(=O)Nc3ccc(Cl)cc3)C2=O)cc1. The zero-order chi connectivity index (χ0) is 28.1. The molecular formula is C28H24Cl2N4O3S2. The van der Waals surface area contributed by atoms with E-state index >= 15 is 0 Å². The number of nitrogens with zero attached hydrogens (tertiary/aromatic N) is 2. The molecule has 1 atom stereocenters. The fourth-order valence-electron chi connectivity index (χ4n) is 3.75. The van der Waals surface area contributed by atoms with Crippen molar-refractivity contribution in [3.05, 3.63) is 93.3 Å². The van der Waals surface area contributed by atoms with Crippen molar-refractivity contribution in [1.82, 2.24) is 4.90 Å². The third kappa shape index (κ3) is 7.39. The molecule has 3 aromatic carbocycles. The van der Waals surface area contributed by atoms with Crippen LogP contribution in [0.5, 0.6) is 0 Å². The summed E-state index contributed by atoms with van der Waals surface area (Å²) in [4.78, 5) is 43.5. The van der Waals surface area contributed by atoms with E-state index in [2.05, 4.69) is 10.6 Å². The molecule has 1 aliphatic heterocycles. The van der Waals surface area contributed by atoms with Crippen LogP contribution in [0.3, 0.4) is 0 Å². The summed E-state index contributed by atoms with van der Waals surface area (Å²) in [5.41, 5.74) is 2.80. The second-order valence-electron chi connectivity index (χ2n) is 8.81. The minimum absolute atomic E-state index is 0.187. The summed E-state index contributed by atoms with van der Waals surface area (Å²) in [5, 5.41) is 6.54. The lowest BCUT2D eigenvalue weighted by Crippen LogP contribution is -2.48. The first-order valence-electron chi connectivity index (χ1n) is 11.8. The van der Waals surface area contributed by atoms with Crippen LogP contribution in [0.25, 0.3) is 6.08 Å². The minimum atomic E-state index is -1.19. The molecule has 4 rings (SSSR count). The monoisotopic (exact) mass is 598 g/mol. The number of hydrogen-bond acceptors (Lipinski definition) is 6. The predicted octanol–water partition coefficient (Wildman–Crippen LogP) is 6.30. The third-order valence-electron chi connectivity index (χ3n) is 5.76. The molecule has 0 radical (unpaired) electrons. The zero-order valence-corrected chi connectivity index (χ0v) is 24.1. The lowest BCUT2D eigenvalue weighted by Gasteiger charge is -2.25. The average molecular weight is 600 g/mol. The Labute approximate surface area is 246 Å². The number of benzene rings is 3. The molecule has 0 spiro atoms. The normalized spacial score (nSPS) is 14.9. The highest BCUT2D eigenvalue weighted by atomic mass is 35.5. The van der Waals surface area contributed by atoms with Gasteiger partial charge in [-0.2, -0.15) is 0 Å². The summed E-state index contributed by atoms with van der Waals surface area (Å²) >= 11 is 18.5. The molecule has 3 aromatic rings. The van der Waals surface area contributed by atoms with E-state index in [4.69, 9.17) is 35.4 Å². The number of nitrogens with one attached hydrogen (secondary N) is 2. The van der Waals surface area contributed by atoms with Gasteiger partial charge in [-0.1, -0.05) is 59.3 Å². The van der Waals surface area contributed by atoms with Gasteiger partial charge in [-0.25, -0.2) is 0 Å². The second-order valence-corrected chi connectivity index (χ2v) is 11.4. The van der Waals surface area contributed by atoms with E-state index in [0.717, 1.165) is 23.0 Å². The maximum Gasteiger partial charge on any atom is 0.266 e. The van der Waals surface area contributed by atoms with Crippen molar-refractivity contribution in [1.29, 1.82) is 0 Å². The Morgan fingerprint density at radius 2 is 1.46 bits per heavy atom. The molecule has 0 unspecified atom stereocenters. The smallest absolute Gasteiger partial charge is 0.266 e. The average Bonchev–Trinajstić information content (AvgIpc) is 3.17. The number of carbonyl (C=O) groups is 3. The number of thiocarbonyl (C=S) groups is 1. The topological polar surface area (TPSA) is 81.8 Å². The largest absolute Gasteiger partial charge is 0.378 e. The highest BCUT2D eigenvalue weighted by molar-refractivity contribution is 8.26. The second kappa shape index (κ2) is 12.7. The first-order chi connectivity index (χ1) is 18.6. The van der Waals surface area contributed by atoms with Gasteiger partial charge in [0.15, 0.2) is 0 Å². The van der Waals surface area contributed by atoms with Crippen molar-refractivity contribution in [3.63, 3.8) is 0 Å². The summed E-state index contributed by atoms with van der Waals surface area (Å²) in [6, 6.07) is 19.6. The number of carbonyl (C=O) groups excluding carboxylic acids is 3. The van der Waals surface area contributed by atoms with E-state index in [9.17, 15) is 14.4 Å². The highest BCUT2D eigenvalue weighted by Crippen LogP contribution is 2.35. The van der Waals surface area contributed by atoms with Crippen LogP contribution in [-0.4, -0.2) is 47.1 Å². The quantitative estimate of drug-likeness (QED) is 0.234. The van der Waals surface area contributed by atoms with Crippen LogP contribution in [0, 0.1) is 0 Å². The summed E-state index contributed by atoms with van der Waals surface area (Å²) in [6.07, 6.45) is 1.40. The molecule has 1 fully saturated rings. The van der Waals surface area contributed by atoms with E-state index in [1.54, 1.807) is 54.6 Å². The van der Waals surface area contributed by atoms with Gasteiger partial charge in [0.2, 0.25) is 11.8 Å².